The van der Waals surface area contributed by atoms with E-state index in [1.54, 1.807) is 0 Å². The Morgan fingerprint density at radius 1 is 1.32 bits per heavy atom. The van der Waals surface area contributed by atoms with Crippen molar-refractivity contribution in [2.24, 2.45) is 0 Å². The summed E-state index contributed by atoms with van der Waals surface area (Å²) in [5, 5.41) is 9.02. The number of halogens is 1. The number of Topliss-reactive ketones (excluding diaryl/α,β-unsaturated/α-hetero) is 1. The number of carbonyl (C=O) groups is 2. The van der Waals surface area contributed by atoms with E-state index in [9.17, 15) is 9.59 Å². The highest BCUT2D eigenvalue weighted by Crippen LogP contribution is 2.48. The number of amides is 1. The molecular weight excluding hydrogens is 310 g/mol. The van der Waals surface area contributed by atoms with Crippen LogP contribution in [0.5, 0.6) is 0 Å². The van der Waals surface area contributed by atoms with Gasteiger partial charge in [-0.3, -0.25) is 4.79 Å². The van der Waals surface area contributed by atoms with Gasteiger partial charge in [-0.1, -0.05) is 28.1 Å². The molecule has 1 spiro atoms. The van der Waals surface area contributed by atoms with Gasteiger partial charge in [0, 0.05) is 35.0 Å². The maximum atomic E-state index is 12.2. The van der Waals surface area contributed by atoms with E-state index in [0.717, 1.165) is 28.4 Å². The molecule has 5 heteroatoms. The normalized spacial score (nSPS) is 20.7. The Morgan fingerprint density at radius 2 is 2.00 bits per heavy atom. The third-order valence-corrected chi connectivity index (χ3v) is 5.00. The number of likely N-dealkylation sites (tertiary alicyclic amines) is 1. The zero-order valence-corrected chi connectivity index (χ0v) is 11.9. The van der Waals surface area contributed by atoms with Crippen LogP contribution in [0.2, 0.25) is 0 Å². The highest BCUT2D eigenvalue weighted by Gasteiger charge is 2.46. The Bertz CT molecular complexity index is 562. The van der Waals surface area contributed by atoms with Gasteiger partial charge in [0.1, 0.15) is 0 Å². The van der Waals surface area contributed by atoms with Gasteiger partial charge in [0.25, 0.3) is 0 Å². The first-order valence-corrected chi connectivity index (χ1v) is 7.13. The lowest BCUT2D eigenvalue weighted by molar-refractivity contribution is 0.0924. The third kappa shape index (κ3) is 1.87. The summed E-state index contributed by atoms with van der Waals surface area (Å²) in [6, 6.07) is 5.72. The van der Waals surface area contributed by atoms with E-state index in [4.69, 9.17) is 5.11 Å². The van der Waals surface area contributed by atoms with E-state index in [1.165, 1.54) is 4.90 Å². The molecule has 1 aliphatic carbocycles. The van der Waals surface area contributed by atoms with E-state index < -0.39 is 6.09 Å². The molecular formula is C14H14BrNO3. The minimum absolute atomic E-state index is 0.168. The topological polar surface area (TPSA) is 57.6 Å². The smallest absolute Gasteiger partial charge is 0.407 e. The van der Waals surface area contributed by atoms with Crippen molar-refractivity contribution in [1.82, 2.24) is 4.90 Å². The summed E-state index contributed by atoms with van der Waals surface area (Å²) in [5.41, 5.74) is 1.72. The number of hydrogen-bond acceptors (Lipinski definition) is 2. The van der Waals surface area contributed by atoms with E-state index in [0.29, 0.717) is 19.5 Å². The van der Waals surface area contributed by atoms with Gasteiger partial charge in [0.05, 0.1) is 0 Å². The van der Waals surface area contributed by atoms with Gasteiger partial charge >= 0.3 is 6.09 Å². The fourth-order valence-electron chi connectivity index (χ4n) is 3.34. The molecule has 1 heterocycles. The van der Waals surface area contributed by atoms with Gasteiger partial charge in [-0.25, -0.2) is 4.79 Å². The lowest BCUT2D eigenvalue weighted by atomic mass is 9.74. The molecule has 1 N–H and O–H groups in total. The lowest BCUT2D eigenvalue weighted by Gasteiger charge is -2.38. The zero-order chi connectivity index (χ0) is 13.6. The molecule has 19 heavy (non-hydrogen) atoms. The molecule has 1 aromatic rings. The summed E-state index contributed by atoms with van der Waals surface area (Å²) in [6.07, 6.45) is 1.09. The molecule has 3 rings (SSSR count). The third-order valence-electron chi connectivity index (χ3n) is 4.33. The second-order valence-electron chi connectivity index (χ2n) is 5.31. The van der Waals surface area contributed by atoms with Gasteiger partial charge in [-0.2, -0.15) is 0 Å². The molecule has 0 bridgehead atoms. The van der Waals surface area contributed by atoms with Crippen molar-refractivity contribution in [3.8, 4) is 0 Å². The average Bonchev–Trinajstić information content (AvgIpc) is 2.64. The first-order valence-electron chi connectivity index (χ1n) is 6.34. The first-order chi connectivity index (χ1) is 9.03. The Hall–Kier alpha value is -1.36. The molecule has 0 radical (unpaired) electrons. The summed E-state index contributed by atoms with van der Waals surface area (Å²) >= 11 is 3.55. The molecule has 1 aliphatic heterocycles. The molecule has 1 aromatic carbocycles. The van der Waals surface area contributed by atoms with Crippen molar-refractivity contribution >= 4 is 27.8 Å². The predicted molar refractivity (Wildman–Crippen MR) is 73.6 cm³/mol. The minimum Gasteiger partial charge on any atom is -0.465 e. The van der Waals surface area contributed by atoms with Crippen LogP contribution >= 0.6 is 15.9 Å². The Balaban J connectivity index is 1.97. The maximum Gasteiger partial charge on any atom is 0.407 e. The molecule has 1 fully saturated rings. The zero-order valence-electron chi connectivity index (χ0n) is 10.4. The van der Waals surface area contributed by atoms with Crippen molar-refractivity contribution in [3.63, 3.8) is 0 Å². The number of rotatable bonds is 0. The molecule has 0 atom stereocenters. The van der Waals surface area contributed by atoms with Gasteiger partial charge in [0.2, 0.25) is 0 Å². The Labute approximate surface area is 119 Å². The van der Waals surface area contributed by atoms with Crippen LogP contribution in [0.3, 0.4) is 0 Å². The van der Waals surface area contributed by atoms with E-state index in [-0.39, 0.29) is 11.2 Å². The largest absolute Gasteiger partial charge is 0.465 e. The highest BCUT2D eigenvalue weighted by atomic mass is 79.9. The number of piperidine rings is 1. The number of benzene rings is 1. The van der Waals surface area contributed by atoms with Crippen molar-refractivity contribution in [2.45, 2.75) is 24.7 Å². The molecule has 1 saturated heterocycles. The van der Waals surface area contributed by atoms with Gasteiger partial charge in [-0.15, -0.1) is 0 Å². The highest BCUT2D eigenvalue weighted by molar-refractivity contribution is 9.10. The molecule has 0 saturated carbocycles. The summed E-state index contributed by atoms with van der Waals surface area (Å²) in [4.78, 5) is 24.6. The minimum atomic E-state index is -0.869. The molecule has 1 amide bonds. The fourth-order valence-corrected chi connectivity index (χ4v) is 4.13. The van der Waals surface area contributed by atoms with Crippen LogP contribution in [-0.4, -0.2) is 35.0 Å². The number of nitrogens with zero attached hydrogens (tertiary/aromatic N) is 1. The van der Waals surface area contributed by atoms with Crippen LogP contribution in [0.25, 0.3) is 0 Å². The SMILES string of the molecule is O=C1CC2(CCN(C(=O)O)CC2)c2c(Br)cccc21. The van der Waals surface area contributed by atoms with Crippen molar-refractivity contribution in [2.75, 3.05) is 13.1 Å². The van der Waals surface area contributed by atoms with Gasteiger partial charge in [0.15, 0.2) is 5.78 Å². The molecule has 2 aliphatic rings. The number of ketones is 1. The number of carboxylic acid groups (broad SMARTS) is 1. The van der Waals surface area contributed by atoms with Crippen LogP contribution in [0.1, 0.15) is 35.2 Å². The summed E-state index contributed by atoms with van der Waals surface area (Å²) in [5.74, 6) is 0.181. The van der Waals surface area contributed by atoms with Crippen LogP contribution in [0.4, 0.5) is 4.79 Å². The van der Waals surface area contributed by atoms with Crippen molar-refractivity contribution in [3.05, 3.63) is 33.8 Å². The van der Waals surface area contributed by atoms with Gasteiger partial charge in [-0.05, 0) is 24.5 Å². The predicted octanol–water partition coefficient (Wildman–Crippen LogP) is 3.05. The number of carbonyl (C=O) groups excluding carboxylic acids is 1. The van der Waals surface area contributed by atoms with Gasteiger partial charge < -0.3 is 10.0 Å². The quantitative estimate of drug-likeness (QED) is 0.798. The van der Waals surface area contributed by atoms with Crippen LogP contribution in [0, 0.1) is 0 Å². The molecule has 100 valence electrons. The lowest BCUT2D eigenvalue weighted by Crippen LogP contribution is -2.44. The standard InChI is InChI=1S/C14H14BrNO3/c15-10-3-1-2-9-11(17)8-14(12(9)10)4-6-16(7-5-14)13(18)19/h1-3H,4-8H2,(H,18,19). The molecule has 0 unspecified atom stereocenters. The monoisotopic (exact) mass is 323 g/mol. The van der Waals surface area contributed by atoms with Crippen LogP contribution < -0.4 is 0 Å². The van der Waals surface area contributed by atoms with E-state index in [1.807, 2.05) is 18.2 Å². The Morgan fingerprint density at radius 3 is 2.63 bits per heavy atom. The van der Waals surface area contributed by atoms with E-state index >= 15 is 0 Å². The van der Waals surface area contributed by atoms with E-state index in [2.05, 4.69) is 15.9 Å². The Kier molecular flexibility index (Phi) is 2.89. The summed E-state index contributed by atoms with van der Waals surface area (Å²) in [6.45, 7) is 1.01. The molecule has 4 nitrogen and oxygen atoms in total. The maximum absolute atomic E-state index is 12.2. The summed E-state index contributed by atoms with van der Waals surface area (Å²) in [7, 11) is 0. The van der Waals surface area contributed by atoms with Crippen LogP contribution in [0.15, 0.2) is 22.7 Å². The molecule has 0 aromatic heterocycles. The first kappa shape index (κ1) is 12.7. The number of fused-ring (bicyclic) bond motifs is 2. The second-order valence-corrected chi connectivity index (χ2v) is 6.17. The summed E-state index contributed by atoms with van der Waals surface area (Å²) < 4.78 is 0.972. The average molecular weight is 324 g/mol. The van der Waals surface area contributed by atoms with Crippen molar-refractivity contribution < 1.29 is 14.7 Å². The second kappa shape index (κ2) is 4.34. The fraction of sp³-hybridized carbons (Fsp3) is 0.429. The van der Waals surface area contributed by atoms with Crippen LogP contribution in [-0.2, 0) is 5.41 Å². The van der Waals surface area contributed by atoms with Crippen molar-refractivity contribution in [1.29, 1.82) is 0 Å². The number of hydrogen-bond donors (Lipinski definition) is 1.